The summed E-state index contributed by atoms with van der Waals surface area (Å²) in [5, 5.41) is 0. The van der Waals surface area contributed by atoms with Gasteiger partial charge < -0.3 is 0 Å². The average molecular weight is 214 g/mol. The molecule has 0 aliphatic carbocycles. The third kappa shape index (κ3) is 2.13. The minimum absolute atomic E-state index is 0.0117. The van der Waals surface area contributed by atoms with Crippen molar-refractivity contribution in [1.82, 2.24) is 0 Å². The van der Waals surface area contributed by atoms with E-state index >= 15 is 0 Å². The van der Waals surface area contributed by atoms with E-state index in [0.717, 1.165) is 21.3 Å². The first kappa shape index (κ1) is 12.2. The number of rotatable bonds is 7. The third-order valence-electron chi connectivity index (χ3n) is 1.32. The number of hydrogen-bond donors (Lipinski definition) is 0. The van der Waals surface area contributed by atoms with Gasteiger partial charge in [-0.25, -0.2) is 0 Å². The van der Waals surface area contributed by atoms with Gasteiger partial charge in [0.2, 0.25) is 0 Å². The molecule has 0 aromatic rings. The predicted molar refractivity (Wildman–Crippen MR) is 42.2 cm³/mol. The molecule has 0 amide bonds. The van der Waals surface area contributed by atoms with E-state index in [1.54, 1.807) is 0 Å². The summed E-state index contributed by atoms with van der Waals surface area (Å²) in [6.07, 6.45) is 0. The Morgan fingerprint density at radius 3 is 1.31 bits per heavy atom. The first-order chi connectivity index (χ1) is 6.12. The van der Waals surface area contributed by atoms with Crippen molar-refractivity contribution in [3.63, 3.8) is 0 Å². The monoisotopic (exact) mass is 214 g/mol. The fraction of sp³-hybridized carbons (Fsp3) is 0.600. The molecule has 78 valence electrons. The summed E-state index contributed by atoms with van der Waals surface area (Å²) < 4.78 is 22.9. The molecule has 0 rings (SSSR count). The van der Waals surface area contributed by atoms with Crippen LogP contribution >= 0.6 is 7.74 Å². The molecule has 0 aliphatic rings. The van der Waals surface area contributed by atoms with Crippen molar-refractivity contribution in [2.75, 3.05) is 21.3 Å². The zero-order valence-corrected chi connectivity index (χ0v) is 8.35. The molecule has 0 radical (unpaired) electrons. The molecular weight excluding hydrogens is 203 g/mol. The van der Waals surface area contributed by atoms with Crippen LogP contribution in [0, 0.1) is 0 Å². The van der Waals surface area contributed by atoms with Gasteiger partial charge in [0.25, 0.3) is 0 Å². The van der Waals surface area contributed by atoms with Crippen LogP contribution in [0.3, 0.4) is 0 Å². The van der Waals surface area contributed by atoms with Crippen molar-refractivity contribution in [1.29, 1.82) is 0 Å². The van der Waals surface area contributed by atoms with Crippen molar-refractivity contribution in [3.8, 4) is 0 Å². The van der Waals surface area contributed by atoms with Crippen molar-refractivity contribution in [2.45, 2.75) is 0 Å². The molecule has 0 fully saturated rings. The van der Waals surface area contributed by atoms with E-state index in [0.29, 0.717) is 0 Å². The Balaban J connectivity index is 4.98. The Morgan fingerprint density at radius 1 is 0.846 bits per heavy atom. The number of carbonyl (C=O) groups is 2. The molecule has 0 saturated heterocycles. The summed E-state index contributed by atoms with van der Waals surface area (Å²) in [4.78, 5) is 20.3. The molecule has 0 N–H and O–H groups in total. The van der Waals surface area contributed by atoms with Gasteiger partial charge in [-0.1, -0.05) is 0 Å². The predicted octanol–water partition coefficient (Wildman–Crippen LogP) is 0.400. The SMILES string of the molecule is COP(OC)(OC)(OC=O)OC=O. The molecule has 0 aromatic heterocycles. The van der Waals surface area contributed by atoms with Crippen molar-refractivity contribution in [2.24, 2.45) is 0 Å². The van der Waals surface area contributed by atoms with Gasteiger partial charge in [-0.3, -0.25) is 0 Å². The van der Waals surface area contributed by atoms with E-state index in [4.69, 9.17) is 0 Å². The zero-order valence-electron chi connectivity index (χ0n) is 7.46. The zero-order chi connectivity index (χ0) is 10.4. The Morgan fingerprint density at radius 2 is 1.15 bits per heavy atom. The Bertz CT molecular complexity index is 164. The van der Waals surface area contributed by atoms with E-state index in [1.807, 2.05) is 0 Å². The molecule has 0 aromatic carbocycles. The summed E-state index contributed by atoms with van der Waals surface area (Å²) in [5.74, 6) is 0. The van der Waals surface area contributed by atoms with Gasteiger partial charge in [-0.05, 0) is 0 Å². The van der Waals surface area contributed by atoms with E-state index in [2.05, 4.69) is 22.6 Å². The van der Waals surface area contributed by atoms with Crippen molar-refractivity contribution < 1.29 is 32.2 Å². The Kier molecular flexibility index (Phi) is 4.22. The van der Waals surface area contributed by atoms with Crippen LogP contribution < -0.4 is 0 Å². The second-order valence-corrected chi connectivity index (χ2v) is 4.70. The van der Waals surface area contributed by atoms with Crippen LogP contribution in [0.15, 0.2) is 0 Å². The summed E-state index contributed by atoms with van der Waals surface area (Å²) in [7, 11) is -1.10. The molecule has 7 nitrogen and oxygen atoms in total. The Labute approximate surface area is 75.2 Å². The summed E-state index contributed by atoms with van der Waals surface area (Å²) in [6, 6.07) is 0. The fourth-order valence-corrected chi connectivity index (χ4v) is 1.94. The summed E-state index contributed by atoms with van der Waals surface area (Å²) >= 11 is 0. The maximum absolute atomic E-state index is 10.2. The first-order valence-corrected chi connectivity index (χ1v) is 4.91. The normalized spacial score (nSPS) is 13.9. The van der Waals surface area contributed by atoms with Gasteiger partial charge in [0.05, 0.1) is 0 Å². The molecular formula is C5H11O7P. The van der Waals surface area contributed by atoms with E-state index in [1.165, 1.54) is 0 Å². The van der Waals surface area contributed by atoms with E-state index in [9.17, 15) is 9.59 Å². The fourth-order valence-electron chi connectivity index (χ4n) is 0.647. The van der Waals surface area contributed by atoms with Crippen LogP contribution in [0.4, 0.5) is 0 Å². The maximum atomic E-state index is 10.2. The second-order valence-electron chi connectivity index (χ2n) is 1.70. The van der Waals surface area contributed by atoms with Gasteiger partial charge in [0, 0.05) is 0 Å². The second kappa shape index (κ2) is 4.48. The molecule has 0 aliphatic heterocycles. The van der Waals surface area contributed by atoms with Gasteiger partial charge in [0.1, 0.15) is 0 Å². The standard InChI is InChI=1S/C5H11O7P/c1-8-13(9-2,10-3,11-4-6)12-5-7/h4-5H,1-3H3. The molecule has 0 bridgehead atoms. The third-order valence-corrected chi connectivity index (χ3v) is 3.97. The number of hydrogen-bond acceptors (Lipinski definition) is 7. The Hall–Kier alpha value is -0.750. The van der Waals surface area contributed by atoms with E-state index < -0.39 is 7.74 Å². The van der Waals surface area contributed by atoms with Crippen molar-refractivity contribution in [3.05, 3.63) is 0 Å². The summed E-state index contributed by atoms with van der Waals surface area (Å²) in [5.41, 5.74) is 0. The topological polar surface area (TPSA) is 80.3 Å². The van der Waals surface area contributed by atoms with Gasteiger partial charge >= 0.3 is 74.2 Å². The molecule has 0 atom stereocenters. The molecule has 8 heteroatoms. The molecule has 0 heterocycles. The van der Waals surface area contributed by atoms with Crippen LogP contribution in [-0.2, 0) is 32.2 Å². The van der Waals surface area contributed by atoms with Crippen LogP contribution in [0.2, 0.25) is 0 Å². The molecule has 0 saturated carbocycles. The van der Waals surface area contributed by atoms with Crippen LogP contribution in [0.1, 0.15) is 0 Å². The van der Waals surface area contributed by atoms with Crippen LogP contribution in [0.5, 0.6) is 0 Å². The van der Waals surface area contributed by atoms with Crippen molar-refractivity contribution >= 4 is 20.7 Å². The van der Waals surface area contributed by atoms with Gasteiger partial charge in [0.15, 0.2) is 0 Å². The number of carbonyl (C=O) groups excluding carboxylic acids is 2. The summed E-state index contributed by atoms with van der Waals surface area (Å²) in [6.45, 7) is 0.0235. The molecule has 0 unspecified atom stereocenters. The molecule has 0 spiro atoms. The van der Waals surface area contributed by atoms with Crippen LogP contribution in [-0.4, -0.2) is 34.3 Å². The van der Waals surface area contributed by atoms with E-state index in [-0.39, 0.29) is 12.9 Å². The van der Waals surface area contributed by atoms with Gasteiger partial charge in [-0.2, -0.15) is 0 Å². The minimum atomic E-state index is -4.47. The molecule has 13 heavy (non-hydrogen) atoms. The quantitative estimate of drug-likeness (QED) is 0.448. The first-order valence-electron chi connectivity index (χ1n) is 3.08. The van der Waals surface area contributed by atoms with Crippen LogP contribution in [0.25, 0.3) is 0 Å². The van der Waals surface area contributed by atoms with Gasteiger partial charge in [-0.15, -0.1) is 0 Å². The average Bonchev–Trinajstić information content (AvgIpc) is 2.18.